The molecule has 0 saturated carbocycles. The van der Waals surface area contributed by atoms with Gasteiger partial charge in [0.05, 0.1) is 48.1 Å². The molecule has 5 aliphatic rings. The Morgan fingerprint density at radius 1 is 0.394 bits per heavy atom. The average Bonchev–Trinajstić information content (AvgIpc) is 1.63. The molecule has 4 fully saturated rings. The second-order valence-electron chi connectivity index (χ2n) is 28.0. The molecule has 0 aliphatic carbocycles. The lowest BCUT2D eigenvalue weighted by molar-refractivity contribution is -0.122. The molecule has 8 amide bonds. The van der Waals surface area contributed by atoms with Crippen molar-refractivity contribution < 1.29 is 92.4 Å². The molecule has 33 nitrogen and oxygen atoms in total. The molecule has 0 bridgehead atoms. The molecule has 8 N–H and O–H groups in total. The van der Waals surface area contributed by atoms with Crippen LogP contribution in [0, 0.1) is 0 Å². The van der Waals surface area contributed by atoms with E-state index in [1.54, 1.807) is 141 Å². The Morgan fingerprint density at radius 3 is 1.23 bits per heavy atom. The number of imidazole rings is 1. The number of allylic oxidation sites excluding steroid dienone is 1. The molecule has 670 valence electrons. The number of nitrogens with one attached hydrogen (secondary N) is 3. The maximum atomic E-state index is 12.5. The van der Waals surface area contributed by atoms with Gasteiger partial charge in [0.2, 0.25) is 5.78 Å². The number of amides is 8. The predicted octanol–water partition coefficient (Wildman–Crippen LogP) is 19.7. The predicted molar refractivity (Wildman–Crippen MR) is 515 cm³/mol. The number of pyridine rings is 3. The van der Waals surface area contributed by atoms with Gasteiger partial charge in [-0.3, -0.25) is 72.8 Å². The van der Waals surface area contributed by atoms with Crippen LogP contribution in [0.25, 0.3) is 52.4 Å². The molecule has 4 saturated heterocycles. The second-order valence-corrected chi connectivity index (χ2v) is 37.3. The van der Waals surface area contributed by atoms with Gasteiger partial charge in [0, 0.05) is 128 Å². The van der Waals surface area contributed by atoms with Crippen molar-refractivity contribution in [1.29, 1.82) is 0 Å². The first-order valence-electron chi connectivity index (χ1n) is 38.3. The number of carbonyl (C=O) groups is 9. The number of nitrogens with zero attached hydrogens (tertiary/aromatic N) is 11. The van der Waals surface area contributed by atoms with E-state index in [-0.39, 0.29) is 129 Å². The van der Waals surface area contributed by atoms with Crippen molar-refractivity contribution in [3.05, 3.63) is 292 Å². The summed E-state index contributed by atoms with van der Waals surface area (Å²) in [5, 5.41) is 57.7. The molecule has 0 radical (unpaired) electrons. The molecule has 132 heavy (non-hydrogen) atoms. The van der Waals surface area contributed by atoms with Crippen LogP contribution in [-0.2, 0) is 52.2 Å². The van der Waals surface area contributed by atoms with Crippen molar-refractivity contribution in [3.63, 3.8) is 0 Å². The van der Waals surface area contributed by atoms with Gasteiger partial charge in [-0.15, -0.1) is 0 Å². The Morgan fingerprint density at radius 2 is 0.811 bits per heavy atom. The summed E-state index contributed by atoms with van der Waals surface area (Å²) in [5.41, 5.74) is 10.5. The first kappa shape index (κ1) is 95.2. The number of H-pyrrole nitrogens is 3. The molecule has 18 rings (SSSR count). The van der Waals surface area contributed by atoms with Gasteiger partial charge in [-0.05, 0) is 220 Å². The molecule has 0 atom stereocenters. The Hall–Kier alpha value is -12.9. The van der Waals surface area contributed by atoms with Crippen molar-refractivity contribution in [2.45, 2.75) is 38.1 Å². The molecule has 0 unspecified atom stereocenters. The zero-order valence-electron chi connectivity index (χ0n) is 68.5. The number of aromatic amines is 3. The van der Waals surface area contributed by atoms with Crippen molar-refractivity contribution >= 4 is 241 Å². The smallest absolute Gasteiger partial charge is 0.293 e. The second kappa shape index (κ2) is 43.0. The highest BCUT2D eigenvalue weighted by atomic mass is 79.9. The molecule has 0 spiro atoms. The van der Waals surface area contributed by atoms with E-state index < -0.39 is 0 Å². The van der Waals surface area contributed by atoms with Crippen molar-refractivity contribution in [2.24, 2.45) is 0 Å². The number of aromatic nitrogens is 10. The summed E-state index contributed by atoms with van der Waals surface area (Å²) in [6, 6.07) is 32.5. The molecule has 6 aromatic carbocycles. The number of imide groups is 4. The molecule has 43 heteroatoms. The number of benzene rings is 6. The maximum Gasteiger partial charge on any atom is 0.293 e. The fourth-order valence-electron chi connectivity index (χ4n) is 12.2. The Kier molecular flexibility index (Phi) is 31.0. The number of Topliss-reactive ketones (excluding diaryl/α,β-unsaturated/α-hetero) is 1. The van der Waals surface area contributed by atoms with Gasteiger partial charge in [-0.1, -0.05) is 104 Å². The van der Waals surface area contributed by atoms with Gasteiger partial charge in [0.1, 0.15) is 44.4 Å². The number of phenolic OH excluding ortho intramolecular Hbond substituents is 5. The largest absolute Gasteiger partial charge is 0.504 e. The van der Waals surface area contributed by atoms with Crippen LogP contribution < -0.4 is 23.7 Å². The zero-order valence-corrected chi connectivity index (χ0v) is 80.6. The third-order valence-electron chi connectivity index (χ3n) is 19.2. The number of fused-ring (bicyclic) bond motifs is 3. The van der Waals surface area contributed by atoms with Gasteiger partial charge in [0.15, 0.2) is 63.1 Å². The number of carbonyl (C=O) groups excluding carboxylic acids is 9. The number of aromatic hydroxyl groups is 5. The fourth-order valence-corrected chi connectivity index (χ4v) is 18.7. The van der Waals surface area contributed by atoms with Crippen LogP contribution in [-0.4, -0.2) is 174 Å². The van der Waals surface area contributed by atoms with E-state index >= 15 is 0 Å². The first-order chi connectivity index (χ1) is 63.4. The average molecular weight is 2190 g/mol. The van der Waals surface area contributed by atoms with Gasteiger partial charge < -0.3 is 59.2 Å². The monoisotopic (exact) mass is 2190 g/mol. The normalized spacial score (nSPS) is 15.6. The number of phenols is 5. The van der Waals surface area contributed by atoms with Crippen LogP contribution in [0.4, 0.5) is 19.2 Å². The van der Waals surface area contributed by atoms with Crippen LogP contribution in [0.3, 0.4) is 0 Å². The summed E-state index contributed by atoms with van der Waals surface area (Å²) < 4.78 is 31.5. The standard InChI is InChI=1S/C20H15BrN2O4S.C20H13BrN2O3S.C18H13BrN4O4S.C16H12BrN3O4S.C15H12BrN3O4S/c1-23-19(25)18(28-20(23)26)8-12-7-17(16(24)9-14(12)21)27-10-11-3-2-4-15-13(11)5-6-22-15;21-15-10-16(24)17(26-11-12-3-6-22-7-4-12)8-13(15)9-18-19(25)14-2-1-5-23-20(14)27-18;1-23-17(25)14(28-18(23)26)5-10-4-13(12(24)6-11(10)19)27-7-9-2-3-20-16-15(9)21-8-22-16;1-20-15(22)14(25-16(20)23)3-10-2-13(12(21)4-11(10)17)24-7-9-5-18-8-19-6-9;1-19-14(21)13(24-15(19)22)3-9-2-12(11(20)4-10(9)16)23-7-8-5-17-18-6-8/h2-9,22,24H,10H2,1H3;1-10,24H,11H2;2-6,8,24H,7H2,1H3,(H,20,21,22);2-6,8,21H,7H2,1H3;2-6,20H,7H2,1H3,(H,17,18)/b18-8-;18-9-;14-5-;14-3-;13-3-. The van der Waals surface area contributed by atoms with E-state index in [0.717, 1.165) is 116 Å². The highest BCUT2D eigenvalue weighted by Crippen LogP contribution is 2.46. The Labute approximate surface area is 811 Å². The van der Waals surface area contributed by atoms with E-state index in [9.17, 15) is 68.7 Å². The van der Waals surface area contributed by atoms with Crippen molar-refractivity contribution in [2.75, 3.05) is 28.2 Å². The zero-order chi connectivity index (χ0) is 93.7. The van der Waals surface area contributed by atoms with Gasteiger partial charge in [-0.2, -0.15) is 5.10 Å². The van der Waals surface area contributed by atoms with Crippen LogP contribution >= 0.6 is 138 Å². The van der Waals surface area contributed by atoms with Crippen molar-refractivity contribution in [3.8, 4) is 57.5 Å². The number of halogens is 5. The molecule has 5 aliphatic heterocycles. The molecular formula is C89H65Br5N14O19S5. The SMILES string of the molecule is CN1C(=O)S/C(=C\c2cc(OCc3cccc4[nH]ccc34)c(O)cc2Br)C1=O.CN1C(=O)S/C(=C\c2cc(OCc3ccnc4nc[nH]c34)c(O)cc2Br)C1=O.CN1C(=O)S/C(=C\c2cc(OCc3cn[nH]c3)c(O)cc2Br)C1=O.CN1C(=O)S/C(=C\c2cc(OCc3cncnc3)c(O)cc2Br)C1=O.O=C1/C(=C/c2cc(OCc3ccncc3)c(O)cc2Br)Sc2ncccc21. The highest BCUT2D eigenvalue weighted by molar-refractivity contribution is 9.11. The van der Waals surface area contributed by atoms with E-state index in [0.29, 0.717) is 97.7 Å². The summed E-state index contributed by atoms with van der Waals surface area (Å²) in [7, 11) is 5.75. The molecule has 12 heterocycles. The number of hydrogen-bond acceptors (Lipinski definition) is 31. The van der Waals surface area contributed by atoms with Gasteiger partial charge in [-0.25, -0.2) is 24.9 Å². The van der Waals surface area contributed by atoms with Crippen LogP contribution in [0.5, 0.6) is 57.5 Å². The lowest BCUT2D eigenvalue weighted by atomic mass is 10.1. The number of likely N-dealkylation sites (N-methyl/N-ethyl adjacent to an activating group) is 4. The summed E-state index contributed by atoms with van der Waals surface area (Å²) in [5.74, 6) is -0.240. The Bertz CT molecular complexity index is 6750. The van der Waals surface area contributed by atoms with Gasteiger partial charge >= 0.3 is 0 Å². The van der Waals surface area contributed by atoms with Crippen molar-refractivity contribution in [1.82, 2.24) is 69.7 Å². The highest BCUT2D eigenvalue weighted by Gasteiger charge is 2.36. The topological polar surface area (TPSA) is 451 Å². The lowest BCUT2D eigenvalue weighted by Gasteiger charge is -2.11. The summed E-state index contributed by atoms with van der Waals surface area (Å²) >= 11 is 21.7. The number of ketones is 1. The number of thioether (sulfide) groups is 5. The van der Waals surface area contributed by atoms with Crippen LogP contribution in [0.1, 0.15) is 66.0 Å². The Balaban J connectivity index is 0.000000133. The third-order valence-corrected chi connectivity index (χ3v) is 27.5. The fraction of sp³-hybridized carbons (Fsp3) is 0.101. The van der Waals surface area contributed by atoms with E-state index in [4.69, 9.17) is 23.7 Å². The van der Waals surface area contributed by atoms with E-state index in [1.165, 1.54) is 70.5 Å². The summed E-state index contributed by atoms with van der Waals surface area (Å²) in [6.45, 7) is 1.17. The minimum atomic E-state index is -0.365. The minimum Gasteiger partial charge on any atom is -0.504 e. The number of ether oxygens (including phenoxy) is 5. The molecule has 13 aromatic rings. The van der Waals surface area contributed by atoms with Gasteiger partial charge in [0.25, 0.3) is 44.6 Å². The number of hydrogen-bond donors (Lipinski definition) is 8. The molecule has 7 aromatic heterocycles. The maximum absolute atomic E-state index is 12.5. The lowest BCUT2D eigenvalue weighted by Crippen LogP contribution is -2.22. The third kappa shape index (κ3) is 23.0. The minimum absolute atomic E-state index is 0.0196. The molecular weight excluding hydrogens is 2130 g/mol. The van der Waals surface area contributed by atoms with Crippen LogP contribution in [0.2, 0.25) is 0 Å². The number of rotatable bonds is 20. The van der Waals surface area contributed by atoms with E-state index in [1.807, 2.05) is 42.6 Å². The van der Waals surface area contributed by atoms with E-state index in [2.05, 4.69) is 130 Å². The summed E-state index contributed by atoms with van der Waals surface area (Å²) in [4.78, 5) is 144. The first-order valence-corrected chi connectivity index (χ1v) is 46.4. The van der Waals surface area contributed by atoms with Crippen LogP contribution in [0.15, 0.2) is 236 Å². The quantitative estimate of drug-likeness (QED) is 0.0329. The summed E-state index contributed by atoms with van der Waals surface area (Å²) in [6.07, 6.45) is 26.2.